The number of fused-ring (bicyclic) bond motifs is 1. The summed E-state index contributed by atoms with van der Waals surface area (Å²) in [6.07, 6.45) is 3.06. The maximum atomic E-state index is 13.4. The summed E-state index contributed by atoms with van der Waals surface area (Å²) in [6.45, 7) is 5.61. The molecule has 3 heterocycles. The fourth-order valence-electron chi connectivity index (χ4n) is 4.76. The molecule has 1 saturated heterocycles. The number of aryl methyl sites for hydroxylation is 1. The number of hydrogen-bond donors (Lipinski definition) is 1. The standard InChI is InChI=1S/C26H35N5O5/c1-17-19(8-9-23(32)27-10-13-30-11-6-7-12-30)26(33)31-24(29(17)2)16-20(28-31)18-14-21(34-3)25(36-5)22(15-18)35-4/h14-16H,6-13H2,1-5H3,(H,27,32). The number of nitrogens with zero attached hydrogens (tertiary/aromatic N) is 4. The monoisotopic (exact) mass is 497 g/mol. The van der Waals surface area contributed by atoms with Crippen molar-refractivity contribution < 1.29 is 19.0 Å². The van der Waals surface area contributed by atoms with Crippen LogP contribution < -0.4 is 25.1 Å². The van der Waals surface area contributed by atoms with Crippen molar-refractivity contribution in [2.45, 2.75) is 32.6 Å². The first-order valence-electron chi connectivity index (χ1n) is 12.3. The average molecular weight is 498 g/mol. The third-order valence-corrected chi connectivity index (χ3v) is 6.94. The largest absolute Gasteiger partial charge is 0.493 e. The molecular weight excluding hydrogens is 462 g/mol. The minimum Gasteiger partial charge on any atom is -0.493 e. The molecule has 0 bridgehead atoms. The summed E-state index contributed by atoms with van der Waals surface area (Å²) in [5.41, 5.74) is 3.15. The molecule has 194 valence electrons. The number of rotatable bonds is 10. The number of ether oxygens (including phenoxy) is 3. The van der Waals surface area contributed by atoms with Gasteiger partial charge in [0.1, 0.15) is 5.65 Å². The van der Waals surface area contributed by atoms with Gasteiger partial charge < -0.3 is 29.0 Å². The van der Waals surface area contributed by atoms with Crippen LogP contribution in [-0.2, 0) is 18.3 Å². The highest BCUT2D eigenvalue weighted by Crippen LogP contribution is 2.41. The van der Waals surface area contributed by atoms with E-state index in [-0.39, 0.29) is 17.9 Å². The van der Waals surface area contributed by atoms with Crippen LogP contribution in [0.25, 0.3) is 16.9 Å². The van der Waals surface area contributed by atoms with Crippen molar-refractivity contribution in [2.75, 3.05) is 47.5 Å². The van der Waals surface area contributed by atoms with Gasteiger partial charge in [-0.15, -0.1) is 0 Å². The van der Waals surface area contributed by atoms with Crippen molar-refractivity contribution in [3.63, 3.8) is 0 Å². The van der Waals surface area contributed by atoms with E-state index < -0.39 is 0 Å². The van der Waals surface area contributed by atoms with E-state index in [4.69, 9.17) is 14.2 Å². The van der Waals surface area contributed by atoms with Crippen LogP contribution in [0.5, 0.6) is 17.2 Å². The first kappa shape index (κ1) is 25.6. The molecule has 1 amide bonds. The van der Waals surface area contributed by atoms with Gasteiger partial charge in [0.2, 0.25) is 11.7 Å². The second kappa shape index (κ2) is 11.0. The van der Waals surface area contributed by atoms with E-state index >= 15 is 0 Å². The second-order valence-corrected chi connectivity index (χ2v) is 9.04. The molecule has 36 heavy (non-hydrogen) atoms. The molecule has 0 atom stereocenters. The van der Waals surface area contributed by atoms with Crippen molar-refractivity contribution in [2.24, 2.45) is 7.05 Å². The highest BCUT2D eigenvalue weighted by molar-refractivity contribution is 5.76. The quantitative estimate of drug-likeness (QED) is 0.458. The minimum atomic E-state index is -0.218. The van der Waals surface area contributed by atoms with Gasteiger partial charge in [-0.05, 0) is 51.4 Å². The molecule has 1 fully saturated rings. The Morgan fingerprint density at radius 3 is 2.33 bits per heavy atom. The van der Waals surface area contributed by atoms with Crippen molar-refractivity contribution in [1.29, 1.82) is 0 Å². The zero-order valence-electron chi connectivity index (χ0n) is 21.7. The summed E-state index contributed by atoms with van der Waals surface area (Å²) in [6, 6.07) is 5.45. The van der Waals surface area contributed by atoms with Gasteiger partial charge in [-0.3, -0.25) is 9.59 Å². The summed E-state index contributed by atoms with van der Waals surface area (Å²) in [7, 11) is 6.55. The van der Waals surface area contributed by atoms with Gasteiger partial charge in [0.25, 0.3) is 5.56 Å². The van der Waals surface area contributed by atoms with E-state index in [0.29, 0.717) is 47.1 Å². The average Bonchev–Trinajstić information content (AvgIpc) is 3.57. The summed E-state index contributed by atoms with van der Waals surface area (Å²) < 4.78 is 19.7. The number of carbonyl (C=O) groups is 1. The van der Waals surface area contributed by atoms with E-state index in [9.17, 15) is 9.59 Å². The van der Waals surface area contributed by atoms with Gasteiger partial charge >= 0.3 is 0 Å². The third kappa shape index (κ3) is 5.04. The van der Waals surface area contributed by atoms with Gasteiger partial charge in [-0.25, -0.2) is 0 Å². The van der Waals surface area contributed by atoms with Crippen LogP contribution in [0.15, 0.2) is 23.0 Å². The predicted molar refractivity (Wildman–Crippen MR) is 137 cm³/mol. The fourth-order valence-corrected chi connectivity index (χ4v) is 4.76. The molecule has 1 N–H and O–H groups in total. The van der Waals surface area contributed by atoms with E-state index in [1.165, 1.54) is 17.4 Å². The van der Waals surface area contributed by atoms with Crippen molar-refractivity contribution in [1.82, 2.24) is 24.4 Å². The van der Waals surface area contributed by atoms with Crippen LogP contribution in [0, 0.1) is 6.92 Å². The van der Waals surface area contributed by atoms with Gasteiger partial charge in [-0.2, -0.15) is 9.61 Å². The lowest BCUT2D eigenvalue weighted by Gasteiger charge is -2.15. The Hall–Kier alpha value is -3.53. The second-order valence-electron chi connectivity index (χ2n) is 9.04. The number of hydrogen-bond acceptors (Lipinski definition) is 7. The highest BCUT2D eigenvalue weighted by Gasteiger charge is 2.20. The molecule has 1 aromatic carbocycles. The van der Waals surface area contributed by atoms with E-state index in [0.717, 1.165) is 30.9 Å². The van der Waals surface area contributed by atoms with Crippen LogP contribution in [0.1, 0.15) is 30.5 Å². The highest BCUT2D eigenvalue weighted by atomic mass is 16.5. The molecule has 1 aliphatic heterocycles. The molecule has 2 aromatic heterocycles. The van der Waals surface area contributed by atoms with E-state index in [1.807, 2.05) is 24.6 Å². The van der Waals surface area contributed by atoms with Crippen molar-refractivity contribution >= 4 is 11.6 Å². The first-order chi connectivity index (χ1) is 17.4. The summed E-state index contributed by atoms with van der Waals surface area (Å²) in [4.78, 5) is 28.2. The topological polar surface area (TPSA) is 99.3 Å². The van der Waals surface area contributed by atoms with Gasteiger partial charge in [-0.1, -0.05) is 0 Å². The van der Waals surface area contributed by atoms with Crippen molar-refractivity contribution in [3.8, 4) is 28.5 Å². The summed E-state index contributed by atoms with van der Waals surface area (Å²) >= 11 is 0. The van der Waals surface area contributed by atoms with Gasteiger partial charge in [0.15, 0.2) is 11.5 Å². The Labute approximate surface area is 210 Å². The lowest BCUT2D eigenvalue weighted by atomic mass is 10.1. The number of methoxy groups -OCH3 is 3. The lowest BCUT2D eigenvalue weighted by Crippen LogP contribution is -2.34. The fraction of sp³-hybridized carbons (Fsp3) is 0.500. The molecule has 0 radical (unpaired) electrons. The molecular formula is C26H35N5O5. The zero-order valence-corrected chi connectivity index (χ0v) is 21.7. The van der Waals surface area contributed by atoms with E-state index in [2.05, 4.69) is 15.3 Å². The summed E-state index contributed by atoms with van der Waals surface area (Å²) in [5.74, 6) is 1.44. The normalized spacial score (nSPS) is 13.8. The Kier molecular flexibility index (Phi) is 7.83. The Bertz CT molecular complexity index is 1280. The van der Waals surface area contributed by atoms with Crippen LogP contribution >= 0.6 is 0 Å². The van der Waals surface area contributed by atoms with Gasteiger partial charge in [0.05, 0.1) is 27.0 Å². The van der Waals surface area contributed by atoms with Gasteiger partial charge in [0, 0.05) is 49.4 Å². The molecule has 10 nitrogen and oxygen atoms in total. The number of benzene rings is 1. The Morgan fingerprint density at radius 2 is 1.72 bits per heavy atom. The molecule has 3 aromatic rings. The van der Waals surface area contributed by atoms with E-state index in [1.54, 1.807) is 33.5 Å². The van der Waals surface area contributed by atoms with Crippen LogP contribution in [0.3, 0.4) is 0 Å². The molecule has 0 aliphatic carbocycles. The van der Waals surface area contributed by atoms with Crippen molar-refractivity contribution in [3.05, 3.63) is 39.8 Å². The number of nitrogens with one attached hydrogen (secondary N) is 1. The number of likely N-dealkylation sites (tertiary alicyclic amines) is 1. The maximum absolute atomic E-state index is 13.4. The minimum absolute atomic E-state index is 0.0469. The van der Waals surface area contributed by atoms with Crippen LogP contribution in [0.2, 0.25) is 0 Å². The molecule has 1 aliphatic rings. The number of aromatic nitrogens is 3. The number of carbonyl (C=O) groups excluding carboxylic acids is 1. The SMILES string of the molecule is COc1cc(-c2cc3n(C)c(C)c(CCC(=O)NCCN4CCCC4)c(=O)n3n2)cc(OC)c1OC. The van der Waals surface area contributed by atoms with Crippen LogP contribution in [-0.4, -0.2) is 72.5 Å². The Balaban J connectivity index is 1.57. The molecule has 0 unspecified atom stereocenters. The predicted octanol–water partition coefficient (Wildman–Crippen LogP) is 2.18. The molecule has 10 heteroatoms. The Morgan fingerprint density at radius 1 is 1.06 bits per heavy atom. The molecule has 4 rings (SSSR count). The summed E-state index contributed by atoms with van der Waals surface area (Å²) in [5, 5.41) is 7.58. The number of amides is 1. The molecule has 0 saturated carbocycles. The molecule has 0 spiro atoms. The first-order valence-corrected chi connectivity index (χ1v) is 12.3. The smallest absolute Gasteiger partial charge is 0.277 e. The third-order valence-electron chi connectivity index (χ3n) is 6.94. The lowest BCUT2D eigenvalue weighted by molar-refractivity contribution is -0.121. The van der Waals surface area contributed by atoms with Crippen LogP contribution in [0.4, 0.5) is 0 Å². The maximum Gasteiger partial charge on any atom is 0.277 e. The zero-order chi connectivity index (χ0) is 25.8.